The molecule has 0 atom stereocenters. The lowest BCUT2D eigenvalue weighted by Gasteiger charge is -2.15. The number of quaternary nitrogens is 1. The number of nitrogens with zero attached hydrogens (tertiary/aromatic N) is 1. The van der Waals surface area contributed by atoms with Crippen molar-refractivity contribution in [2.75, 3.05) is 31.6 Å². The number of para-hydroxylation sites is 1. The first-order valence-electron chi connectivity index (χ1n) is 11.3. The quantitative estimate of drug-likeness (QED) is 0.316. The molecular formula is C26H30N3O5+. The summed E-state index contributed by atoms with van der Waals surface area (Å²) < 4.78 is 6.71. The van der Waals surface area contributed by atoms with Crippen LogP contribution in [0.4, 0.5) is 5.69 Å². The predicted molar refractivity (Wildman–Crippen MR) is 132 cm³/mol. The Morgan fingerprint density at radius 1 is 1.12 bits per heavy atom. The average Bonchev–Trinajstić information content (AvgIpc) is 2.85. The van der Waals surface area contributed by atoms with Crippen LogP contribution >= 0.6 is 0 Å². The molecule has 1 heterocycles. The fourth-order valence-electron chi connectivity index (χ4n) is 3.76. The van der Waals surface area contributed by atoms with Gasteiger partial charge in [0.15, 0.2) is 0 Å². The van der Waals surface area contributed by atoms with Gasteiger partial charge in [-0.15, -0.1) is 6.58 Å². The topological polar surface area (TPSA) is 102 Å². The van der Waals surface area contributed by atoms with E-state index in [1.807, 2.05) is 0 Å². The number of aromatic hydroxyl groups is 1. The van der Waals surface area contributed by atoms with E-state index < -0.39 is 17.4 Å². The average molecular weight is 465 g/mol. The van der Waals surface area contributed by atoms with Gasteiger partial charge in [-0.3, -0.25) is 9.59 Å². The molecule has 0 spiro atoms. The number of likely N-dealkylation sites (N-methyl/N-ethyl adjacent to an activating group) is 1. The van der Waals surface area contributed by atoms with Crippen LogP contribution in [-0.2, 0) is 11.3 Å². The summed E-state index contributed by atoms with van der Waals surface area (Å²) in [6, 6.07) is 13.0. The van der Waals surface area contributed by atoms with E-state index >= 15 is 0 Å². The Balaban J connectivity index is 1.77. The summed E-state index contributed by atoms with van der Waals surface area (Å²) in [5.74, 6) is -1.57. The predicted octanol–water partition coefficient (Wildman–Crippen LogP) is 2.23. The van der Waals surface area contributed by atoms with Crippen molar-refractivity contribution < 1.29 is 24.3 Å². The number of nitrogens with one attached hydrogen (secondary N) is 2. The Morgan fingerprint density at radius 2 is 1.79 bits per heavy atom. The lowest BCUT2D eigenvalue weighted by Crippen LogP contribution is -3.11. The van der Waals surface area contributed by atoms with Gasteiger partial charge in [0.1, 0.15) is 24.5 Å². The van der Waals surface area contributed by atoms with Crippen LogP contribution in [0.5, 0.6) is 5.75 Å². The van der Waals surface area contributed by atoms with Crippen molar-refractivity contribution >= 4 is 28.5 Å². The van der Waals surface area contributed by atoms with Gasteiger partial charge in [0.25, 0.3) is 11.5 Å². The smallest absolute Gasteiger partial charge is 0.338 e. The second-order valence-electron chi connectivity index (χ2n) is 7.82. The molecule has 0 fully saturated rings. The van der Waals surface area contributed by atoms with Crippen LogP contribution in [-0.4, -0.2) is 47.8 Å². The summed E-state index contributed by atoms with van der Waals surface area (Å²) in [6.07, 6.45) is 1.55. The first kappa shape index (κ1) is 24.7. The summed E-state index contributed by atoms with van der Waals surface area (Å²) in [5, 5.41) is 13.7. The molecule has 0 saturated heterocycles. The van der Waals surface area contributed by atoms with Crippen LogP contribution < -0.4 is 15.8 Å². The van der Waals surface area contributed by atoms with Crippen molar-refractivity contribution in [3.63, 3.8) is 0 Å². The zero-order valence-electron chi connectivity index (χ0n) is 19.5. The zero-order valence-corrected chi connectivity index (χ0v) is 19.5. The number of carbonyl (C=O) groups excluding carboxylic acids is 2. The molecule has 8 heteroatoms. The van der Waals surface area contributed by atoms with Crippen molar-refractivity contribution in [3.05, 3.63) is 82.7 Å². The molecule has 1 aromatic heterocycles. The highest BCUT2D eigenvalue weighted by atomic mass is 16.5. The second kappa shape index (κ2) is 11.3. The Bertz CT molecular complexity index is 1240. The molecular weight excluding hydrogens is 434 g/mol. The fraction of sp³-hybridized carbons (Fsp3) is 0.269. The molecule has 0 saturated carbocycles. The maximum Gasteiger partial charge on any atom is 0.338 e. The molecule has 0 aliphatic carbocycles. The summed E-state index contributed by atoms with van der Waals surface area (Å²) in [7, 11) is 0. The van der Waals surface area contributed by atoms with Crippen molar-refractivity contribution in [2.45, 2.75) is 20.4 Å². The maximum absolute atomic E-state index is 13.0. The number of pyridine rings is 1. The molecule has 0 aliphatic heterocycles. The SMILES string of the molecule is C=CCn1c(=O)c(C(=O)Nc2ccc(C(=O)OCC[NH+](CC)CC)cc2)c(O)c2ccccc21. The number of amides is 1. The summed E-state index contributed by atoms with van der Waals surface area (Å²) in [5.41, 5.74) is 0.254. The van der Waals surface area contributed by atoms with E-state index in [-0.39, 0.29) is 17.9 Å². The number of fused-ring (bicyclic) bond motifs is 1. The lowest BCUT2D eigenvalue weighted by molar-refractivity contribution is -0.896. The Kier molecular flexibility index (Phi) is 8.21. The largest absolute Gasteiger partial charge is 0.506 e. The standard InChI is InChI=1S/C26H29N3O5/c1-4-15-29-21-10-8-7-9-20(21)23(30)22(25(29)32)24(31)27-19-13-11-18(12-14-19)26(33)34-17-16-28(5-2)6-3/h4,7-14,30H,1,5-6,15-17H2,2-3H3,(H,27,31)/p+1. The van der Waals surface area contributed by atoms with E-state index in [4.69, 9.17) is 4.74 Å². The Hall–Kier alpha value is -3.91. The number of allylic oxidation sites excluding steroid dienone is 1. The van der Waals surface area contributed by atoms with E-state index in [9.17, 15) is 19.5 Å². The molecule has 0 radical (unpaired) electrons. The van der Waals surface area contributed by atoms with Gasteiger partial charge in [-0.25, -0.2) is 4.79 Å². The third kappa shape index (κ3) is 5.35. The molecule has 3 N–H and O–H groups in total. The number of benzene rings is 2. The van der Waals surface area contributed by atoms with Crippen molar-refractivity contribution in [2.24, 2.45) is 0 Å². The highest BCUT2D eigenvalue weighted by molar-refractivity contribution is 6.09. The van der Waals surface area contributed by atoms with Crippen LogP contribution in [0.1, 0.15) is 34.6 Å². The molecule has 8 nitrogen and oxygen atoms in total. The van der Waals surface area contributed by atoms with Crippen LogP contribution in [0, 0.1) is 0 Å². The zero-order chi connectivity index (χ0) is 24.7. The molecule has 0 unspecified atom stereocenters. The third-order valence-electron chi connectivity index (χ3n) is 5.75. The molecule has 2 aromatic carbocycles. The number of esters is 1. The van der Waals surface area contributed by atoms with Crippen LogP contribution in [0.3, 0.4) is 0 Å². The highest BCUT2D eigenvalue weighted by Crippen LogP contribution is 2.27. The van der Waals surface area contributed by atoms with Crippen molar-refractivity contribution in [1.82, 2.24) is 4.57 Å². The molecule has 178 valence electrons. The number of carbonyl (C=O) groups is 2. The van der Waals surface area contributed by atoms with E-state index in [1.54, 1.807) is 54.6 Å². The van der Waals surface area contributed by atoms with Gasteiger partial charge in [0.2, 0.25) is 0 Å². The number of aromatic nitrogens is 1. The minimum Gasteiger partial charge on any atom is -0.506 e. The normalized spacial score (nSPS) is 10.9. The van der Waals surface area contributed by atoms with Crippen LogP contribution in [0.25, 0.3) is 10.9 Å². The number of anilines is 1. The van der Waals surface area contributed by atoms with Crippen LogP contribution in [0.15, 0.2) is 66.0 Å². The molecule has 1 amide bonds. The fourth-order valence-corrected chi connectivity index (χ4v) is 3.76. The number of rotatable bonds is 10. The maximum atomic E-state index is 13.0. The van der Waals surface area contributed by atoms with Gasteiger partial charge >= 0.3 is 5.97 Å². The third-order valence-corrected chi connectivity index (χ3v) is 5.75. The van der Waals surface area contributed by atoms with Gasteiger partial charge in [-0.05, 0) is 50.2 Å². The van der Waals surface area contributed by atoms with Gasteiger partial charge in [0.05, 0.1) is 24.2 Å². The molecule has 3 rings (SSSR count). The summed E-state index contributed by atoms with van der Waals surface area (Å²) in [4.78, 5) is 39.5. The van der Waals surface area contributed by atoms with Crippen molar-refractivity contribution in [1.29, 1.82) is 0 Å². The number of hydrogen-bond donors (Lipinski definition) is 3. The van der Waals surface area contributed by atoms with E-state index in [0.29, 0.717) is 28.8 Å². The minimum absolute atomic E-state index is 0.187. The Labute approximate surface area is 198 Å². The molecule has 0 bridgehead atoms. The monoisotopic (exact) mass is 464 g/mol. The summed E-state index contributed by atoms with van der Waals surface area (Å²) >= 11 is 0. The van der Waals surface area contributed by atoms with Gasteiger partial charge in [0, 0.05) is 17.6 Å². The summed E-state index contributed by atoms with van der Waals surface area (Å²) in [6.45, 7) is 11.0. The van der Waals surface area contributed by atoms with E-state index in [0.717, 1.165) is 19.6 Å². The molecule has 0 aliphatic rings. The van der Waals surface area contributed by atoms with Crippen molar-refractivity contribution in [3.8, 4) is 5.75 Å². The molecule has 34 heavy (non-hydrogen) atoms. The first-order valence-corrected chi connectivity index (χ1v) is 11.3. The second-order valence-corrected chi connectivity index (χ2v) is 7.82. The lowest BCUT2D eigenvalue weighted by atomic mass is 10.1. The van der Waals surface area contributed by atoms with Gasteiger partial charge in [-0.1, -0.05) is 18.2 Å². The molecule has 3 aromatic rings. The minimum atomic E-state index is -0.747. The van der Waals surface area contributed by atoms with Crippen LogP contribution in [0.2, 0.25) is 0 Å². The number of hydrogen-bond acceptors (Lipinski definition) is 5. The van der Waals surface area contributed by atoms with Gasteiger partial charge in [-0.2, -0.15) is 0 Å². The van der Waals surface area contributed by atoms with E-state index in [1.165, 1.54) is 9.47 Å². The highest BCUT2D eigenvalue weighted by Gasteiger charge is 2.22. The Morgan fingerprint density at radius 3 is 2.44 bits per heavy atom. The first-order chi connectivity index (χ1) is 16.4. The van der Waals surface area contributed by atoms with Gasteiger partial charge < -0.3 is 24.6 Å². The van der Waals surface area contributed by atoms with E-state index in [2.05, 4.69) is 25.7 Å². The number of ether oxygens (including phenoxy) is 1.